The molecule has 0 aromatic heterocycles. The van der Waals surface area contributed by atoms with Gasteiger partial charge in [0.15, 0.2) is 0 Å². The van der Waals surface area contributed by atoms with E-state index in [0.29, 0.717) is 5.56 Å². The maximum Gasteiger partial charge on any atom is 0.265 e. The first-order valence-electron chi connectivity index (χ1n) is 10.5. The van der Waals surface area contributed by atoms with Gasteiger partial charge in [-0.25, -0.2) is 5.43 Å². The van der Waals surface area contributed by atoms with Crippen molar-refractivity contribution in [2.75, 3.05) is 38.1 Å². The van der Waals surface area contributed by atoms with Gasteiger partial charge in [-0.3, -0.25) is 15.1 Å². The van der Waals surface area contributed by atoms with Crippen LogP contribution in [0.15, 0.2) is 72.8 Å². The molecule has 1 saturated heterocycles. The van der Waals surface area contributed by atoms with Crippen molar-refractivity contribution in [2.45, 2.75) is 6.54 Å². The Labute approximate surface area is 188 Å². The van der Waals surface area contributed by atoms with Crippen LogP contribution >= 0.6 is 11.6 Å². The molecule has 0 saturated carbocycles. The fourth-order valence-corrected chi connectivity index (χ4v) is 4.11. The second-order valence-corrected chi connectivity index (χ2v) is 8.11. The van der Waals surface area contributed by atoms with E-state index in [1.54, 1.807) is 7.05 Å². The second-order valence-electron chi connectivity index (χ2n) is 7.68. The summed E-state index contributed by atoms with van der Waals surface area (Å²) in [7, 11) is 1.68. The molecule has 31 heavy (non-hydrogen) atoms. The Bertz CT molecular complexity index is 1010. The van der Waals surface area contributed by atoms with Crippen LogP contribution in [0.1, 0.15) is 15.9 Å². The van der Waals surface area contributed by atoms with Crippen molar-refractivity contribution >= 4 is 23.2 Å². The highest BCUT2D eigenvalue weighted by molar-refractivity contribution is 6.30. The summed E-state index contributed by atoms with van der Waals surface area (Å²) in [5.41, 5.74) is 10.8. The number of nitrogens with one attached hydrogen (secondary N) is 2. The van der Waals surface area contributed by atoms with Crippen LogP contribution in [0.2, 0.25) is 5.02 Å². The predicted molar refractivity (Wildman–Crippen MR) is 127 cm³/mol. The number of benzene rings is 3. The number of hydrazine groups is 1. The quantitative estimate of drug-likeness (QED) is 0.571. The van der Waals surface area contributed by atoms with Gasteiger partial charge in [-0.2, -0.15) is 0 Å². The molecule has 5 nitrogen and oxygen atoms in total. The number of halogens is 1. The molecule has 2 N–H and O–H groups in total. The molecular weight excluding hydrogens is 408 g/mol. The Kier molecular flexibility index (Phi) is 6.87. The van der Waals surface area contributed by atoms with Crippen LogP contribution in [0.3, 0.4) is 0 Å². The van der Waals surface area contributed by atoms with Crippen molar-refractivity contribution in [2.24, 2.45) is 0 Å². The third-order valence-corrected chi connectivity index (χ3v) is 5.92. The van der Waals surface area contributed by atoms with E-state index >= 15 is 0 Å². The summed E-state index contributed by atoms with van der Waals surface area (Å²) < 4.78 is 0. The van der Waals surface area contributed by atoms with Crippen molar-refractivity contribution in [3.63, 3.8) is 0 Å². The summed E-state index contributed by atoms with van der Waals surface area (Å²) in [4.78, 5) is 16.8. The molecule has 1 aliphatic heterocycles. The fraction of sp³-hybridized carbons (Fsp3) is 0.240. The van der Waals surface area contributed by atoms with Gasteiger partial charge in [-0.15, -0.1) is 0 Å². The van der Waals surface area contributed by atoms with Gasteiger partial charge in [-0.05, 0) is 53.1 Å². The van der Waals surface area contributed by atoms with E-state index in [1.165, 1.54) is 16.7 Å². The first-order valence-corrected chi connectivity index (χ1v) is 10.9. The standard InChI is InChI=1S/C25H27ClN4O/c1-27-28-25(31)20-8-12-23(13-9-20)30-16-14-29(15-17-30)18-21-4-2-3-5-24(21)19-6-10-22(26)11-7-19/h2-13,27H,14-18H2,1H3,(H,28,31). The molecule has 1 aliphatic rings. The van der Waals surface area contributed by atoms with Crippen LogP contribution in [-0.2, 0) is 6.54 Å². The highest BCUT2D eigenvalue weighted by Gasteiger charge is 2.19. The summed E-state index contributed by atoms with van der Waals surface area (Å²) in [6.45, 7) is 4.85. The largest absolute Gasteiger partial charge is 0.369 e. The summed E-state index contributed by atoms with van der Waals surface area (Å²) in [5, 5.41) is 0.757. The highest BCUT2D eigenvalue weighted by Crippen LogP contribution is 2.27. The Hall–Kier alpha value is -2.86. The number of anilines is 1. The smallest absolute Gasteiger partial charge is 0.265 e. The average molecular weight is 435 g/mol. The number of piperazine rings is 1. The second kappa shape index (κ2) is 9.96. The Morgan fingerprint density at radius 3 is 2.26 bits per heavy atom. The lowest BCUT2D eigenvalue weighted by Crippen LogP contribution is -2.46. The molecule has 0 spiro atoms. The van der Waals surface area contributed by atoms with Crippen LogP contribution < -0.4 is 15.8 Å². The molecule has 0 radical (unpaired) electrons. The molecular formula is C25H27ClN4O. The van der Waals surface area contributed by atoms with Crippen molar-refractivity contribution in [1.29, 1.82) is 0 Å². The van der Waals surface area contributed by atoms with Crippen LogP contribution in [0.4, 0.5) is 5.69 Å². The van der Waals surface area contributed by atoms with Crippen molar-refractivity contribution in [1.82, 2.24) is 15.8 Å². The van der Waals surface area contributed by atoms with E-state index in [0.717, 1.165) is 43.4 Å². The first kappa shape index (κ1) is 21.4. The zero-order valence-corrected chi connectivity index (χ0v) is 18.4. The van der Waals surface area contributed by atoms with Crippen molar-refractivity contribution < 1.29 is 4.79 Å². The maximum absolute atomic E-state index is 11.9. The molecule has 3 aromatic carbocycles. The third-order valence-electron chi connectivity index (χ3n) is 5.67. The number of hydrogen-bond acceptors (Lipinski definition) is 4. The summed E-state index contributed by atoms with van der Waals surface area (Å²) in [6, 6.07) is 24.4. The minimum atomic E-state index is -0.127. The lowest BCUT2D eigenvalue weighted by atomic mass is 9.99. The van der Waals surface area contributed by atoms with E-state index in [9.17, 15) is 4.79 Å². The fourth-order valence-electron chi connectivity index (χ4n) is 3.98. The van der Waals surface area contributed by atoms with Crippen LogP contribution in [0.5, 0.6) is 0 Å². The Morgan fingerprint density at radius 1 is 0.903 bits per heavy atom. The van der Waals surface area contributed by atoms with Crippen molar-refractivity contribution in [3.8, 4) is 11.1 Å². The number of amides is 1. The molecule has 0 atom stereocenters. The Balaban J connectivity index is 1.38. The molecule has 1 fully saturated rings. The number of carbonyl (C=O) groups is 1. The number of rotatable bonds is 6. The third kappa shape index (κ3) is 5.25. The molecule has 0 bridgehead atoms. The Morgan fingerprint density at radius 2 is 1.58 bits per heavy atom. The molecule has 6 heteroatoms. The van der Waals surface area contributed by atoms with E-state index in [-0.39, 0.29) is 5.91 Å². The van der Waals surface area contributed by atoms with E-state index < -0.39 is 0 Å². The molecule has 4 rings (SSSR count). The zero-order valence-electron chi connectivity index (χ0n) is 17.6. The summed E-state index contributed by atoms with van der Waals surface area (Å²) >= 11 is 6.06. The average Bonchev–Trinajstić information content (AvgIpc) is 2.81. The molecule has 0 aliphatic carbocycles. The predicted octanol–water partition coefficient (Wildman–Crippen LogP) is 4.19. The van der Waals surface area contributed by atoms with E-state index in [1.807, 2.05) is 36.4 Å². The van der Waals surface area contributed by atoms with Gasteiger partial charge in [0, 0.05) is 56.0 Å². The van der Waals surface area contributed by atoms with Gasteiger partial charge in [-0.1, -0.05) is 48.0 Å². The molecule has 3 aromatic rings. The van der Waals surface area contributed by atoms with Crippen LogP contribution in [-0.4, -0.2) is 44.0 Å². The number of nitrogens with zero attached hydrogens (tertiary/aromatic N) is 2. The monoisotopic (exact) mass is 434 g/mol. The van der Waals surface area contributed by atoms with E-state index in [4.69, 9.17) is 11.6 Å². The SMILES string of the molecule is CNNC(=O)c1ccc(N2CCN(Cc3ccccc3-c3ccc(Cl)cc3)CC2)cc1. The topological polar surface area (TPSA) is 47.6 Å². The van der Waals surface area contributed by atoms with Gasteiger partial charge in [0.25, 0.3) is 5.91 Å². The van der Waals surface area contributed by atoms with Gasteiger partial charge < -0.3 is 4.90 Å². The molecule has 0 unspecified atom stereocenters. The summed E-state index contributed by atoms with van der Waals surface area (Å²) in [6.07, 6.45) is 0. The van der Waals surface area contributed by atoms with Gasteiger partial charge in [0.05, 0.1) is 0 Å². The lowest BCUT2D eigenvalue weighted by molar-refractivity contribution is 0.0938. The minimum absolute atomic E-state index is 0.127. The maximum atomic E-state index is 11.9. The molecule has 1 amide bonds. The van der Waals surface area contributed by atoms with Gasteiger partial charge in [0.1, 0.15) is 0 Å². The van der Waals surface area contributed by atoms with E-state index in [2.05, 4.69) is 57.0 Å². The van der Waals surface area contributed by atoms with Gasteiger partial charge >= 0.3 is 0 Å². The normalized spacial score (nSPS) is 14.5. The van der Waals surface area contributed by atoms with Crippen LogP contribution in [0.25, 0.3) is 11.1 Å². The minimum Gasteiger partial charge on any atom is -0.369 e. The van der Waals surface area contributed by atoms with Crippen LogP contribution in [0, 0.1) is 0 Å². The number of hydrogen-bond donors (Lipinski definition) is 2. The molecule has 1 heterocycles. The first-order chi connectivity index (χ1) is 15.1. The number of carbonyl (C=O) groups excluding carboxylic acids is 1. The lowest BCUT2D eigenvalue weighted by Gasteiger charge is -2.36. The molecule has 160 valence electrons. The highest BCUT2D eigenvalue weighted by atomic mass is 35.5. The van der Waals surface area contributed by atoms with Crippen molar-refractivity contribution in [3.05, 3.63) is 88.9 Å². The van der Waals surface area contributed by atoms with Gasteiger partial charge in [0.2, 0.25) is 0 Å². The zero-order chi connectivity index (χ0) is 21.6. The summed E-state index contributed by atoms with van der Waals surface area (Å²) in [5.74, 6) is -0.127.